The van der Waals surface area contributed by atoms with E-state index >= 15 is 0 Å². The van der Waals surface area contributed by atoms with Gasteiger partial charge in [0.1, 0.15) is 5.54 Å². The minimum atomic E-state index is -0.999. The number of piperidine rings is 1. The van der Waals surface area contributed by atoms with Crippen molar-refractivity contribution < 1.29 is 14.4 Å². The average Bonchev–Trinajstić information content (AvgIpc) is 2.81. The van der Waals surface area contributed by atoms with Gasteiger partial charge in [0.05, 0.1) is 0 Å². The molecule has 3 rings (SSSR count). The van der Waals surface area contributed by atoms with Crippen molar-refractivity contribution in [3.8, 4) is 0 Å². The van der Waals surface area contributed by atoms with Crippen molar-refractivity contribution in [2.75, 3.05) is 19.6 Å². The molecule has 0 unspecified atom stereocenters. The number of nitrogens with one attached hydrogen (secondary N) is 1. The number of likely N-dealkylation sites (tertiary alicyclic amines) is 1. The summed E-state index contributed by atoms with van der Waals surface area (Å²) in [7, 11) is 0. The molecule has 2 aromatic carbocycles. The average molecular weight is 500 g/mol. The van der Waals surface area contributed by atoms with Gasteiger partial charge in [-0.2, -0.15) is 0 Å². The van der Waals surface area contributed by atoms with Gasteiger partial charge in [0.25, 0.3) is 5.91 Å². The van der Waals surface area contributed by atoms with Crippen LogP contribution in [0.15, 0.2) is 59.1 Å². The number of amides is 3. The first-order valence-corrected chi connectivity index (χ1v) is 11.8. The van der Waals surface area contributed by atoms with Crippen molar-refractivity contribution >= 4 is 33.7 Å². The molecule has 0 spiro atoms. The third kappa shape index (κ3) is 5.38. The lowest BCUT2D eigenvalue weighted by Crippen LogP contribution is -2.65. The number of benzene rings is 2. The molecule has 1 heterocycles. The largest absolute Gasteiger partial charge is 0.350 e. The van der Waals surface area contributed by atoms with E-state index in [0.29, 0.717) is 44.6 Å². The Labute approximate surface area is 198 Å². The predicted molar refractivity (Wildman–Crippen MR) is 128 cm³/mol. The van der Waals surface area contributed by atoms with E-state index in [1.807, 2.05) is 49.4 Å². The summed E-state index contributed by atoms with van der Waals surface area (Å²) in [5, 5.41) is 3.06. The van der Waals surface area contributed by atoms with Crippen molar-refractivity contribution in [3.63, 3.8) is 0 Å². The second kappa shape index (κ2) is 10.8. The van der Waals surface area contributed by atoms with E-state index in [1.54, 1.807) is 28.9 Å². The molecule has 0 bridgehead atoms. The molecule has 0 saturated carbocycles. The number of carbonyl (C=O) groups is 3. The molecule has 7 heteroatoms. The van der Waals surface area contributed by atoms with Crippen LogP contribution >= 0.6 is 15.9 Å². The Morgan fingerprint density at radius 1 is 1.03 bits per heavy atom. The van der Waals surface area contributed by atoms with Gasteiger partial charge in [-0.1, -0.05) is 53.2 Å². The molecule has 0 radical (unpaired) electrons. The Kier molecular flexibility index (Phi) is 8.07. The summed E-state index contributed by atoms with van der Waals surface area (Å²) in [5.74, 6) is -0.335. The topological polar surface area (TPSA) is 69.7 Å². The van der Waals surface area contributed by atoms with Gasteiger partial charge in [0.2, 0.25) is 11.8 Å². The highest BCUT2D eigenvalue weighted by Crippen LogP contribution is 2.32. The highest BCUT2D eigenvalue weighted by Gasteiger charge is 2.48. The number of hydrogen-bond acceptors (Lipinski definition) is 3. The van der Waals surface area contributed by atoms with E-state index in [9.17, 15) is 14.4 Å². The second-order valence-electron chi connectivity index (χ2n) is 8.17. The lowest BCUT2D eigenvalue weighted by atomic mass is 9.83. The molecule has 32 heavy (non-hydrogen) atoms. The number of nitrogens with zero attached hydrogens (tertiary/aromatic N) is 2. The molecule has 0 aromatic heterocycles. The molecule has 1 N–H and O–H groups in total. The Bertz CT molecular complexity index is 939. The lowest BCUT2D eigenvalue weighted by molar-refractivity contribution is -0.140. The number of hydrogen-bond donors (Lipinski definition) is 1. The fourth-order valence-corrected chi connectivity index (χ4v) is 4.50. The maximum atomic E-state index is 13.7. The SMILES string of the molecule is CCCN(C(=O)c1ccc(Br)cc1)C1(C(=O)NCc2ccccc2)CCN(C(C)=O)CC1. The molecule has 170 valence electrons. The Hall–Kier alpha value is -2.67. The molecular formula is C25H30BrN3O3. The van der Waals surface area contributed by atoms with E-state index in [2.05, 4.69) is 21.2 Å². The molecule has 2 aromatic rings. The third-order valence-electron chi connectivity index (χ3n) is 6.05. The van der Waals surface area contributed by atoms with Crippen LogP contribution in [-0.2, 0) is 16.1 Å². The van der Waals surface area contributed by atoms with E-state index in [4.69, 9.17) is 0 Å². The van der Waals surface area contributed by atoms with Crippen molar-refractivity contribution in [1.82, 2.24) is 15.1 Å². The van der Waals surface area contributed by atoms with Crippen LogP contribution < -0.4 is 5.32 Å². The highest BCUT2D eigenvalue weighted by molar-refractivity contribution is 9.10. The molecule has 0 atom stereocenters. The van der Waals surface area contributed by atoms with Crippen LogP contribution in [-0.4, -0.2) is 52.7 Å². The van der Waals surface area contributed by atoms with Crippen LogP contribution in [0.4, 0.5) is 0 Å². The van der Waals surface area contributed by atoms with Gasteiger partial charge in [0, 0.05) is 43.1 Å². The summed E-state index contributed by atoms with van der Waals surface area (Å²) in [6, 6.07) is 16.9. The van der Waals surface area contributed by atoms with Crippen molar-refractivity contribution in [2.24, 2.45) is 0 Å². The lowest BCUT2D eigenvalue weighted by Gasteiger charge is -2.47. The van der Waals surface area contributed by atoms with Crippen molar-refractivity contribution in [1.29, 1.82) is 0 Å². The monoisotopic (exact) mass is 499 g/mol. The Morgan fingerprint density at radius 3 is 2.22 bits per heavy atom. The van der Waals surface area contributed by atoms with Crippen molar-refractivity contribution in [2.45, 2.75) is 45.2 Å². The summed E-state index contributed by atoms with van der Waals surface area (Å²) in [5.41, 5.74) is 0.547. The first kappa shape index (κ1) is 24.0. The summed E-state index contributed by atoms with van der Waals surface area (Å²) in [6.45, 7) is 5.29. The molecule has 6 nitrogen and oxygen atoms in total. The van der Waals surface area contributed by atoms with Gasteiger partial charge >= 0.3 is 0 Å². The van der Waals surface area contributed by atoms with E-state index in [0.717, 1.165) is 16.5 Å². The van der Waals surface area contributed by atoms with E-state index in [1.165, 1.54) is 0 Å². The van der Waals surface area contributed by atoms with Crippen LogP contribution in [0.2, 0.25) is 0 Å². The van der Waals surface area contributed by atoms with Gasteiger partial charge in [0.15, 0.2) is 0 Å². The maximum Gasteiger partial charge on any atom is 0.254 e. The molecule has 1 aliphatic rings. The third-order valence-corrected chi connectivity index (χ3v) is 6.58. The molecule has 1 fully saturated rings. The predicted octanol–water partition coefficient (Wildman–Crippen LogP) is 4.00. The highest BCUT2D eigenvalue weighted by atomic mass is 79.9. The minimum Gasteiger partial charge on any atom is -0.350 e. The van der Waals surface area contributed by atoms with Crippen LogP contribution in [0.1, 0.15) is 49.0 Å². The summed E-state index contributed by atoms with van der Waals surface area (Å²) in [6.07, 6.45) is 1.55. The van der Waals surface area contributed by atoms with Gasteiger partial charge in [-0.3, -0.25) is 14.4 Å². The second-order valence-corrected chi connectivity index (χ2v) is 9.09. The first-order chi connectivity index (χ1) is 15.4. The summed E-state index contributed by atoms with van der Waals surface area (Å²) >= 11 is 3.41. The van der Waals surface area contributed by atoms with Gasteiger partial charge < -0.3 is 15.1 Å². The fourth-order valence-electron chi connectivity index (χ4n) is 4.24. The number of rotatable bonds is 7. The zero-order chi connectivity index (χ0) is 23.1. The molecule has 1 saturated heterocycles. The van der Waals surface area contributed by atoms with Crippen LogP contribution in [0.3, 0.4) is 0 Å². The normalized spacial score (nSPS) is 15.2. The standard InChI is InChI=1S/C25H30BrN3O3/c1-3-15-29(23(31)21-9-11-22(26)12-10-21)25(13-16-28(17-14-25)19(2)30)24(32)27-18-20-7-5-4-6-8-20/h4-12H,3,13-18H2,1-2H3,(H,27,32). The van der Waals surface area contributed by atoms with E-state index < -0.39 is 5.54 Å². The molecule has 1 aliphatic heterocycles. The zero-order valence-corrected chi connectivity index (χ0v) is 20.2. The summed E-state index contributed by atoms with van der Waals surface area (Å²) in [4.78, 5) is 42.6. The maximum absolute atomic E-state index is 13.7. The zero-order valence-electron chi connectivity index (χ0n) is 18.6. The smallest absolute Gasteiger partial charge is 0.254 e. The minimum absolute atomic E-state index is 0.00966. The molecule has 0 aliphatic carbocycles. The van der Waals surface area contributed by atoms with E-state index in [-0.39, 0.29) is 17.7 Å². The fraction of sp³-hybridized carbons (Fsp3) is 0.400. The Balaban J connectivity index is 1.91. The summed E-state index contributed by atoms with van der Waals surface area (Å²) < 4.78 is 0.890. The van der Waals surface area contributed by atoms with Gasteiger partial charge in [-0.05, 0) is 49.1 Å². The number of carbonyl (C=O) groups excluding carboxylic acids is 3. The van der Waals surface area contributed by atoms with Crippen LogP contribution in [0, 0.1) is 0 Å². The number of halogens is 1. The quantitative estimate of drug-likeness (QED) is 0.625. The van der Waals surface area contributed by atoms with Crippen molar-refractivity contribution in [3.05, 3.63) is 70.2 Å². The van der Waals surface area contributed by atoms with Gasteiger partial charge in [-0.25, -0.2) is 0 Å². The first-order valence-electron chi connectivity index (χ1n) is 11.0. The molecule has 3 amide bonds. The van der Waals surface area contributed by atoms with Gasteiger partial charge in [-0.15, -0.1) is 0 Å². The molecular weight excluding hydrogens is 470 g/mol. The Morgan fingerprint density at radius 2 is 1.66 bits per heavy atom. The van der Waals surface area contributed by atoms with Crippen LogP contribution in [0.25, 0.3) is 0 Å². The van der Waals surface area contributed by atoms with Crippen LogP contribution in [0.5, 0.6) is 0 Å².